The van der Waals surface area contributed by atoms with E-state index in [9.17, 15) is 18.8 Å². The van der Waals surface area contributed by atoms with Gasteiger partial charge in [0.2, 0.25) is 5.91 Å². The molecule has 1 saturated heterocycles. The molecule has 1 unspecified atom stereocenters. The molecule has 31 heavy (non-hydrogen) atoms. The van der Waals surface area contributed by atoms with Crippen molar-refractivity contribution in [3.05, 3.63) is 84.2 Å². The first-order valence-corrected chi connectivity index (χ1v) is 10.3. The highest BCUT2D eigenvalue weighted by Gasteiger charge is 2.34. The van der Waals surface area contributed by atoms with Crippen LogP contribution in [0.3, 0.4) is 0 Å². The number of hydrogen-bond donors (Lipinski definition) is 2. The summed E-state index contributed by atoms with van der Waals surface area (Å²) in [6, 6.07) is 13.9. The van der Waals surface area contributed by atoms with Gasteiger partial charge in [-0.15, -0.1) is 6.58 Å². The summed E-state index contributed by atoms with van der Waals surface area (Å²) >= 11 is 0. The lowest BCUT2D eigenvalue weighted by atomic mass is 9.88. The van der Waals surface area contributed by atoms with Gasteiger partial charge in [-0.2, -0.15) is 0 Å². The summed E-state index contributed by atoms with van der Waals surface area (Å²) in [6.07, 6.45) is 2.60. The second-order valence-electron chi connectivity index (χ2n) is 7.46. The molecule has 1 atom stereocenters. The minimum atomic E-state index is -0.738. The second kappa shape index (κ2) is 10.5. The van der Waals surface area contributed by atoms with Gasteiger partial charge in [-0.05, 0) is 43.0 Å². The van der Waals surface area contributed by atoms with Gasteiger partial charge in [-0.25, -0.2) is 4.39 Å². The molecule has 3 rings (SSSR count). The van der Waals surface area contributed by atoms with E-state index >= 15 is 0 Å². The van der Waals surface area contributed by atoms with Crippen LogP contribution in [0.5, 0.6) is 0 Å². The Morgan fingerprint density at radius 2 is 1.71 bits per heavy atom. The summed E-state index contributed by atoms with van der Waals surface area (Å²) in [5.74, 6) is -1.68. The summed E-state index contributed by atoms with van der Waals surface area (Å²) < 4.78 is 14.0. The Hall–Kier alpha value is -3.48. The van der Waals surface area contributed by atoms with Crippen LogP contribution < -0.4 is 10.6 Å². The van der Waals surface area contributed by atoms with Crippen molar-refractivity contribution in [2.75, 3.05) is 19.6 Å². The smallest absolute Gasteiger partial charge is 0.256 e. The van der Waals surface area contributed by atoms with Crippen LogP contribution in [0.25, 0.3) is 0 Å². The summed E-state index contributed by atoms with van der Waals surface area (Å²) in [5.41, 5.74) is 0.509. The Morgan fingerprint density at radius 3 is 2.35 bits per heavy atom. The molecule has 0 radical (unpaired) electrons. The van der Waals surface area contributed by atoms with Gasteiger partial charge in [0.1, 0.15) is 11.9 Å². The van der Waals surface area contributed by atoms with Gasteiger partial charge in [0.05, 0.1) is 5.56 Å². The van der Waals surface area contributed by atoms with Gasteiger partial charge in [-0.3, -0.25) is 14.4 Å². The Labute approximate surface area is 181 Å². The number of amides is 3. The second-order valence-corrected chi connectivity index (χ2v) is 7.46. The number of hydrogen-bond acceptors (Lipinski definition) is 3. The van der Waals surface area contributed by atoms with Gasteiger partial charge >= 0.3 is 0 Å². The fraction of sp³-hybridized carbons (Fsp3) is 0.292. The SMILES string of the molecule is C=CCNC(=O)C(NC(=O)c1ccccc1)C1CCN(C(=O)c2ccccc2F)CC1. The van der Waals surface area contributed by atoms with Crippen molar-refractivity contribution < 1.29 is 18.8 Å². The Morgan fingerprint density at radius 1 is 1.06 bits per heavy atom. The van der Waals surface area contributed by atoms with E-state index in [1.54, 1.807) is 47.4 Å². The largest absolute Gasteiger partial charge is 0.351 e. The van der Waals surface area contributed by atoms with E-state index in [0.29, 0.717) is 38.0 Å². The number of rotatable bonds is 7. The molecule has 2 aromatic rings. The van der Waals surface area contributed by atoms with Gasteiger partial charge in [0, 0.05) is 25.2 Å². The maximum Gasteiger partial charge on any atom is 0.256 e. The molecule has 0 aliphatic carbocycles. The Bertz CT molecular complexity index is 940. The monoisotopic (exact) mass is 423 g/mol. The molecule has 0 spiro atoms. The van der Waals surface area contributed by atoms with Crippen LogP contribution in [0.1, 0.15) is 33.6 Å². The van der Waals surface area contributed by atoms with E-state index in [1.165, 1.54) is 12.1 Å². The first-order chi connectivity index (χ1) is 15.0. The number of halogens is 1. The zero-order valence-electron chi connectivity index (χ0n) is 17.2. The molecule has 0 aromatic heterocycles. The number of nitrogens with one attached hydrogen (secondary N) is 2. The van der Waals surface area contributed by atoms with Crippen molar-refractivity contribution in [3.63, 3.8) is 0 Å². The lowest BCUT2D eigenvalue weighted by Gasteiger charge is -2.35. The minimum absolute atomic E-state index is 0.0404. The summed E-state index contributed by atoms with van der Waals surface area (Å²) in [5, 5.41) is 5.60. The van der Waals surface area contributed by atoms with E-state index in [0.717, 1.165) is 0 Å². The molecule has 2 N–H and O–H groups in total. The number of benzene rings is 2. The molecule has 6 nitrogen and oxygen atoms in total. The normalized spacial score (nSPS) is 15.1. The van der Waals surface area contributed by atoms with Crippen molar-refractivity contribution in [1.29, 1.82) is 0 Å². The number of carbonyl (C=O) groups excluding carboxylic acids is 3. The molecule has 0 bridgehead atoms. The predicted octanol–water partition coefficient (Wildman–Crippen LogP) is 2.78. The summed E-state index contributed by atoms with van der Waals surface area (Å²) in [7, 11) is 0. The first-order valence-electron chi connectivity index (χ1n) is 10.3. The van der Waals surface area contributed by atoms with Crippen molar-refractivity contribution in [1.82, 2.24) is 15.5 Å². The zero-order valence-corrected chi connectivity index (χ0v) is 17.2. The minimum Gasteiger partial charge on any atom is -0.351 e. The van der Waals surface area contributed by atoms with Crippen LogP contribution in [-0.4, -0.2) is 48.3 Å². The maximum atomic E-state index is 14.0. The molecule has 7 heteroatoms. The molecule has 0 saturated carbocycles. The van der Waals surface area contributed by atoms with Gasteiger partial charge < -0.3 is 15.5 Å². The third kappa shape index (κ3) is 5.57. The van der Waals surface area contributed by atoms with Crippen LogP contribution >= 0.6 is 0 Å². The number of likely N-dealkylation sites (tertiary alicyclic amines) is 1. The fourth-order valence-corrected chi connectivity index (χ4v) is 3.74. The van der Waals surface area contributed by atoms with E-state index in [1.807, 2.05) is 6.07 Å². The van der Waals surface area contributed by atoms with Crippen LogP contribution in [0, 0.1) is 11.7 Å². The van der Waals surface area contributed by atoms with E-state index in [-0.39, 0.29) is 29.2 Å². The van der Waals surface area contributed by atoms with Crippen LogP contribution in [0.4, 0.5) is 4.39 Å². The van der Waals surface area contributed by atoms with Crippen LogP contribution in [-0.2, 0) is 4.79 Å². The van der Waals surface area contributed by atoms with Gasteiger partial charge in [0.15, 0.2) is 0 Å². The molecule has 1 aliphatic heterocycles. The van der Waals surface area contributed by atoms with E-state index in [2.05, 4.69) is 17.2 Å². The number of piperidine rings is 1. The quantitative estimate of drug-likeness (QED) is 0.673. The fourth-order valence-electron chi connectivity index (χ4n) is 3.74. The van der Waals surface area contributed by atoms with Gasteiger partial charge in [0.25, 0.3) is 11.8 Å². The molecule has 2 aromatic carbocycles. The van der Waals surface area contributed by atoms with Crippen molar-refractivity contribution in [2.45, 2.75) is 18.9 Å². The first kappa shape index (κ1) is 22.2. The zero-order chi connectivity index (χ0) is 22.2. The molecule has 162 valence electrons. The highest BCUT2D eigenvalue weighted by molar-refractivity contribution is 5.97. The molecule has 1 aliphatic rings. The molecular formula is C24H26FN3O3. The summed E-state index contributed by atoms with van der Waals surface area (Å²) in [4.78, 5) is 39.7. The average Bonchev–Trinajstić information content (AvgIpc) is 2.81. The lowest BCUT2D eigenvalue weighted by molar-refractivity contribution is -0.124. The highest BCUT2D eigenvalue weighted by Crippen LogP contribution is 2.23. The van der Waals surface area contributed by atoms with Crippen LogP contribution in [0.2, 0.25) is 0 Å². The van der Waals surface area contributed by atoms with Crippen LogP contribution in [0.15, 0.2) is 67.3 Å². The molecule has 1 fully saturated rings. The molecule has 1 heterocycles. The molecular weight excluding hydrogens is 397 g/mol. The average molecular weight is 423 g/mol. The van der Waals surface area contributed by atoms with Crippen molar-refractivity contribution in [2.24, 2.45) is 5.92 Å². The predicted molar refractivity (Wildman–Crippen MR) is 116 cm³/mol. The topological polar surface area (TPSA) is 78.5 Å². The lowest BCUT2D eigenvalue weighted by Crippen LogP contribution is -2.53. The number of carbonyl (C=O) groups is 3. The highest BCUT2D eigenvalue weighted by atomic mass is 19.1. The van der Waals surface area contributed by atoms with Gasteiger partial charge in [-0.1, -0.05) is 36.4 Å². The third-order valence-electron chi connectivity index (χ3n) is 5.43. The van der Waals surface area contributed by atoms with E-state index in [4.69, 9.17) is 0 Å². The van der Waals surface area contributed by atoms with Crippen molar-refractivity contribution in [3.8, 4) is 0 Å². The maximum absolute atomic E-state index is 14.0. The number of nitrogens with zero attached hydrogens (tertiary/aromatic N) is 1. The van der Waals surface area contributed by atoms with E-state index < -0.39 is 11.9 Å². The molecule has 3 amide bonds. The summed E-state index contributed by atoms with van der Waals surface area (Å²) in [6.45, 7) is 4.65. The van der Waals surface area contributed by atoms with Crippen molar-refractivity contribution >= 4 is 17.7 Å². The standard InChI is InChI=1S/C24H26FN3O3/c1-2-14-26-23(30)21(27-22(29)18-8-4-3-5-9-18)17-12-15-28(16-13-17)24(31)19-10-6-7-11-20(19)25/h2-11,17,21H,1,12-16H2,(H,26,30)(H,27,29). The Kier molecular flexibility index (Phi) is 7.54. The Balaban J connectivity index is 1.68. The third-order valence-corrected chi connectivity index (χ3v) is 5.43.